The molecule has 0 amide bonds. The zero-order chi connectivity index (χ0) is 16.6. The van der Waals surface area contributed by atoms with Crippen molar-refractivity contribution in [2.45, 2.75) is 32.9 Å². The second kappa shape index (κ2) is 6.40. The predicted octanol–water partition coefficient (Wildman–Crippen LogP) is 3.97. The first kappa shape index (κ1) is 17.0. The summed E-state index contributed by atoms with van der Waals surface area (Å²) in [5.74, 6) is -1.18. The number of aliphatic hydroxyl groups is 1. The van der Waals surface area contributed by atoms with E-state index in [0.717, 1.165) is 5.56 Å². The van der Waals surface area contributed by atoms with Gasteiger partial charge in [0.05, 0.1) is 5.69 Å². The number of benzene rings is 1. The van der Waals surface area contributed by atoms with Crippen molar-refractivity contribution in [3.05, 3.63) is 50.5 Å². The minimum absolute atomic E-state index is 0.0627. The quantitative estimate of drug-likeness (QED) is 0.832. The van der Waals surface area contributed by atoms with E-state index in [1.807, 2.05) is 20.8 Å². The monoisotopic (exact) mass is 386 g/mol. The van der Waals surface area contributed by atoms with Gasteiger partial charge in [-0.1, -0.05) is 17.7 Å². The molecule has 0 aliphatic carbocycles. The van der Waals surface area contributed by atoms with Crippen molar-refractivity contribution in [1.82, 2.24) is 9.55 Å². The minimum Gasteiger partial charge on any atom is -0.476 e. The number of aromatic carboxylic acids is 1. The first-order valence-electron chi connectivity index (χ1n) is 6.69. The largest absolute Gasteiger partial charge is 0.476 e. The molecule has 0 saturated heterocycles. The van der Waals surface area contributed by atoms with Gasteiger partial charge in [-0.3, -0.25) is 0 Å². The third-order valence-corrected chi connectivity index (χ3v) is 4.20. The second-order valence-corrected chi connectivity index (χ2v) is 6.43. The minimum atomic E-state index is -1.18. The van der Waals surface area contributed by atoms with Crippen LogP contribution in [0.25, 0.3) is 0 Å². The number of halogens is 2. The highest BCUT2D eigenvalue weighted by Crippen LogP contribution is 2.33. The van der Waals surface area contributed by atoms with E-state index in [1.54, 1.807) is 22.8 Å². The van der Waals surface area contributed by atoms with Gasteiger partial charge in [-0.2, -0.15) is 0 Å². The lowest BCUT2D eigenvalue weighted by Crippen LogP contribution is -2.15. The SMILES string of the molecule is Cc1cc(Cl)ccc1C(O)c1c(C(=O)O)nc(Br)n1C(C)C. The molecule has 7 heteroatoms. The Morgan fingerprint density at radius 2 is 2.05 bits per heavy atom. The Hall–Kier alpha value is -1.37. The number of aliphatic hydroxyl groups excluding tert-OH is 1. The highest BCUT2D eigenvalue weighted by atomic mass is 79.9. The predicted molar refractivity (Wildman–Crippen MR) is 87.5 cm³/mol. The molecule has 0 spiro atoms. The zero-order valence-corrected chi connectivity index (χ0v) is 14.7. The lowest BCUT2D eigenvalue weighted by molar-refractivity contribution is 0.0684. The van der Waals surface area contributed by atoms with Crippen LogP contribution in [0.3, 0.4) is 0 Å². The standard InChI is InChI=1S/C15H16BrClN2O3/c1-7(2)19-12(11(14(21)22)18-15(19)16)13(20)10-5-4-9(17)6-8(10)3/h4-7,13,20H,1-3H3,(H,21,22). The molecule has 0 radical (unpaired) electrons. The van der Waals surface area contributed by atoms with Gasteiger partial charge in [0.2, 0.25) is 0 Å². The van der Waals surface area contributed by atoms with Crippen LogP contribution in [0, 0.1) is 6.92 Å². The fraction of sp³-hybridized carbons (Fsp3) is 0.333. The maximum Gasteiger partial charge on any atom is 0.356 e. The van der Waals surface area contributed by atoms with Gasteiger partial charge >= 0.3 is 5.97 Å². The number of rotatable bonds is 4. The normalized spacial score (nSPS) is 12.7. The van der Waals surface area contributed by atoms with E-state index in [1.165, 1.54) is 0 Å². The van der Waals surface area contributed by atoms with E-state index in [0.29, 0.717) is 15.3 Å². The molecule has 2 aromatic rings. The highest BCUT2D eigenvalue weighted by Gasteiger charge is 2.29. The summed E-state index contributed by atoms with van der Waals surface area (Å²) in [4.78, 5) is 15.5. The van der Waals surface area contributed by atoms with Gasteiger partial charge in [0.25, 0.3) is 0 Å². The van der Waals surface area contributed by atoms with Crippen LogP contribution in [-0.4, -0.2) is 25.7 Å². The van der Waals surface area contributed by atoms with E-state index >= 15 is 0 Å². The average Bonchev–Trinajstić information content (AvgIpc) is 2.76. The zero-order valence-electron chi connectivity index (χ0n) is 12.3. The Bertz CT molecular complexity index is 728. The van der Waals surface area contributed by atoms with Crippen LogP contribution in [0.15, 0.2) is 22.9 Å². The van der Waals surface area contributed by atoms with Gasteiger partial charge in [0.15, 0.2) is 10.4 Å². The summed E-state index contributed by atoms with van der Waals surface area (Å²) in [6, 6.07) is 5.02. The van der Waals surface area contributed by atoms with Crippen molar-refractivity contribution in [1.29, 1.82) is 0 Å². The third-order valence-electron chi connectivity index (χ3n) is 3.41. The molecule has 0 fully saturated rings. The molecule has 118 valence electrons. The Balaban J connectivity index is 2.66. The fourth-order valence-corrected chi connectivity index (χ4v) is 3.42. The van der Waals surface area contributed by atoms with Crippen LogP contribution in [0.5, 0.6) is 0 Å². The molecule has 5 nitrogen and oxygen atoms in total. The molecular weight excluding hydrogens is 372 g/mol. The number of nitrogens with zero attached hydrogens (tertiary/aromatic N) is 2. The summed E-state index contributed by atoms with van der Waals surface area (Å²) in [6.45, 7) is 5.60. The van der Waals surface area contributed by atoms with Crippen molar-refractivity contribution in [2.24, 2.45) is 0 Å². The van der Waals surface area contributed by atoms with Crippen molar-refractivity contribution in [2.75, 3.05) is 0 Å². The van der Waals surface area contributed by atoms with Crippen LogP contribution in [0.2, 0.25) is 5.02 Å². The molecule has 1 aromatic heterocycles. The number of aryl methyl sites for hydroxylation is 1. The Morgan fingerprint density at radius 3 is 2.55 bits per heavy atom. The van der Waals surface area contributed by atoms with Crippen LogP contribution in [0.4, 0.5) is 0 Å². The maximum atomic E-state index is 11.5. The molecule has 2 rings (SSSR count). The molecule has 0 aliphatic heterocycles. The molecule has 1 atom stereocenters. The van der Waals surface area contributed by atoms with E-state index in [-0.39, 0.29) is 17.4 Å². The van der Waals surface area contributed by atoms with E-state index in [2.05, 4.69) is 20.9 Å². The third kappa shape index (κ3) is 3.04. The van der Waals surface area contributed by atoms with Gasteiger partial charge in [-0.05, 0) is 60.0 Å². The number of hydrogen-bond donors (Lipinski definition) is 2. The van der Waals surface area contributed by atoms with Crippen molar-refractivity contribution in [3.63, 3.8) is 0 Å². The van der Waals surface area contributed by atoms with Gasteiger partial charge in [0, 0.05) is 11.1 Å². The highest BCUT2D eigenvalue weighted by molar-refractivity contribution is 9.10. The van der Waals surface area contributed by atoms with E-state index in [9.17, 15) is 15.0 Å². The topological polar surface area (TPSA) is 75.3 Å². The van der Waals surface area contributed by atoms with Gasteiger partial charge in [0.1, 0.15) is 6.10 Å². The lowest BCUT2D eigenvalue weighted by atomic mass is 9.99. The molecular formula is C15H16BrClN2O3. The molecule has 2 N–H and O–H groups in total. The number of aromatic nitrogens is 2. The fourth-order valence-electron chi connectivity index (χ4n) is 2.42. The number of carbonyl (C=O) groups is 1. The van der Waals surface area contributed by atoms with E-state index < -0.39 is 12.1 Å². The maximum absolute atomic E-state index is 11.5. The van der Waals surface area contributed by atoms with Gasteiger partial charge in [-0.25, -0.2) is 9.78 Å². The van der Waals surface area contributed by atoms with Crippen LogP contribution in [-0.2, 0) is 0 Å². The first-order chi connectivity index (χ1) is 10.2. The first-order valence-corrected chi connectivity index (χ1v) is 7.86. The Labute approximate surface area is 141 Å². The Kier molecular flexibility index (Phi) is 4.94. The number of imidazole rings is 1. The average molecular weight is 388 g/mol. The van der Waals surface area contributed by atoms with Gasteiger partial charge < -0.3 is 14.8 Å². The summed E-state index contributed by atoms with van der Waals surface area (Å²) in [5.41, 5.74) is 1.47. The second-order valence-electron chi connectivity index (χ2n) is 5.29. The molecule has 0 bridgehead atoms. The lowest BCUT2D eigenvalue weighted by Gasteiger charge is -2.20. The number of carboxylic acid groups (broad SMARTS) is 1. The Morgan fingerprint density at radius 1 is 1.41 bits per heavy atom. The summed E-state index contributed by atoms with van der Waals surface area (Å²) in [6.07, 6.45) is -1.11. The van der Waals surface area contributed by atoms with E-state index in [4.69, 9.17) is 11.6 Å². The summed E-state index contributed by atoms with van der Waals surface area (Å²) < 4.78 is 2.04. The van der Waals surface area contributed by atoms with Crippen LogP contribution >= 0.6 is 27.5 Å². The molecule has 0 saturated carbocycles. The smallest absolute Gasteiger partial charge is 0.356 e. The molecule has 1 unspecified atom stereocenters. The van der Waals surface area contributed by atoms with Crippen molar-refractivity contribution >= 4 is 33.5 Å². The number of carboxylic acids is 1. The molecule has 22 heavy (non-hydrogen) atoms. The van der Waals surface area contributed by atoms with Gasteiger partial charge in [-0.15, -0.1) is 0 Å². The van der Waals surface area contributed by atoms with Crippen molar-refractivity contribution < 1.29 is 15.0 Å². The molecule has 1 heterocycles. The summed E-state index contributed by atoms with van der Waals surface area (Å²) >= 11 is 9.20. The number of hydrogen-bond acceptors (Lipinski definition) is 3. The van der Waals surface area contributed by atoms with Crippen LogP contribution in [0.1, 0.15) is 53.3 Å². The van der Waals surface area contributed by atoms with Crippen molar-refractivity contribution in [3.8, 4) is 0 Å². The van der Waals surface area contributed by atoms with Crippen LogP contribution < -0.4 is 0 Å². The summed E-state index contributed by atoms with van der Waals surface area (Å²) in [5, 5.41) is 20.7. The summed E-state index contributed by atoms with van der Waals surface area (Å²) in [7, 11) is 0. The molecule has 1 aromatic carbocycles. The molecule has 0 aliphatic rings.